The van der Waals surface area contributed by atoms with Crippen LogP contribution in [0.5, 0.6) is 11.6 Å². The Morgan fingerprint density at radius 3 is 2.48 bits per heavy atom. The van der Waals surface area contributed by atoms with Crippen molar-refractivity contribution in [2.75, 3.05) is 5.43 Å². The second-order valence-electron chi connectivity index (χ2n) is 4.60. The zero-order valence-electron chi connectivity index (χ0n) is 11.6. The van der Waals surface area contributed by atoms with Gasteiger partial charge in [-0.15, -0.1) is 0 Å². The molecule has 8 heteroatoms. The summed E-state index contributed by atoms with van der Waals surface area (Å²) in [5.41, 5.74) is 2.45. The number of ether oxygens (including phenoxy) is 1. The third-order valence-electron chi connectivity index (χ3n) is 2.65. The third-order valence-corrected chi connectivity index (χ3v) is 2.65. The number of nitro benzene ring substituents is 1. The van der Waals surface area contributed by atoms with Gasteiger partial charge in [0.1, 0.15) is 17.4 Å². The van der Waals surface area contributed by atoms with Crippen molar-refractivity contribution >= 4 is 11.5 Å². The van der Waals surface area contributed by atoms with Gasteiger partial charge in [0.15, 0.2) is 0 Å². The first-order chi connectivity index (χ1) is 9.99. The first-order valence-corrected chi connectivity index (χ1v) is 6.27. The first kappa shape index (κ1) is 14.7. The second kappa shape index (κ2) is 6.14. The van der Waals surface area contributed by atoms with Gasteiger partial charge in [0.05, 0.1) is 4.92 Å². The lowest BCUT2D eigenvalue weighted by atomic mass is 10.2. The molecular weight excluding hydrogens is 274 g/mol. The largest absolute Gasteiger partial charge is 0.439 e. The number of benzene rings is 1. The SMILES string of the molecule is CC(C)c1nc(NN)cc(Oc2ccc([N+](=O)[O-])cc2)n1. The maximum absolute atomic E-state index is 10.6. The second-order valence-corrected chi connectivity index (χ2v) is 4.60. The molecule has 1 aromatic carbocycles. The number of nitro groups is 1. The lowest BCUT2D eigenvalue weighted by molar-refractivity contribution is -0.384. The van der Waals surface area contributed by atoms with Crippen LogP contribution in [0.25, 0.3) is 0 Å². The van der Waals surface area contributed by atoms with E-state index >= 15 is 0 Å². The van der Waals surface area contributed by atoms with Crippen molar-refractivity contribution in [2.45, 2.75) is 19.8 Å². The van der Waals surface area contributed by atoms with Crippen molar-refractivity contribution < 1.29 is 9.66 Å². The number of aromatic nitrogens is 2. The Bertz CT molecular complexity index is 643. The Labute approximate surface area is 121 Å². The number of nitrogens with zero attached hydrogens (tertiary/aromatic N) is 3. The number of non-ortho nitro benzene ring substituents is 1. The highest BCUT2D eigenvalue weighted by molar-refractivity contribution is 5.41. The highest BCUT2D eigenvalue weighted by Gasteiger charge is 2.10. The Balaban J connectivity index is 2.25. The molecule has 0 atom stereocenters. The lowest BCUT2D eigenvalue weighted by Gasteiger charge is -2.10. The van der Waals surface area contributed by atoms with E-state index in [1.807, 2.05) is 13.8 Å². The van der Waals surface area contributed by atoms with Gasteiger partial charge >= 0.3 is 0 Å². The van der Waals surface area contributed by atoms with Crippen LogP contribution < -0.4 is 16.0 Å². The van der Waals surface area contributed by atoms with Gasteiger partial charge in [0.25, 0.3) is 5.69 Å². The topological polar surface area (TPSA) is 116 Å². The maximum Gasteiger partial charge on any atom is 0.269 e. The van der Waals surface area contributed by atoms with Crippen molar-refractivity contribution in [3.05, 3.63) is 46.3 Å². The van der Waals surface area contributed by atoms with Crippen LogP contribution in [0.3, 0.4) is 0 Å². The van der Waals surface area contributed by atoms with Crippen LogP contribution in [0.2, 0.25) is 0 Å². The van der Waals surface area contributed by atoms with Gasteiger partial charge in [-0.25, -0.2) is 10.8 Å². The van der Waals surface area contributed by atoms with Crippen LogP contribution in [0, 0.1) is 10.1 Å². The molecule has 0 aliphatic rings. The molecule has 1 aromatic heterocycles. The number of anilines is 1. The molecule has 8 nitrogen and oxygen atoms in total. The highest BCUT2D eigenvalue weighted by Crippen LogP contribution is 2.25. The third kappa shape index (κ3) is 3.63. The average Bonchev–Trinajstić information content (AvgIpc) is 2.47. The Kier molecular flexibility index (Phi) is 4.29. The molecule has 0 amide bonds. The van der Waals surface area contributed by atoms with E-state index in [1.165, 1.54) is 24.3 Å². The number of hydrogen-bond donors (Lipinski definition) is 2. The van der Waals surface area contributed by atoms with Gasteiger partial charge in [-0.3, -0.25) is 10.1 Å². The van der Waals surface area contributed by atoms with E-state index in [0.717, 1.165) is 0 Å². The minimum atomic E-state index is -0.470. The minimum Gasteiger partial charge on any atom is -0.439 e. The van der Waals surface area contributed by atoms with Crippen molar-refractivity contribution in [1.82, 2.24) is 9.97 Å². The van der Waals surface area contributed by atoms with E-state index in [4.69, 9.17) is 10.6 Å². The monoisotopic (exact) mass is 289 g/mol. The van der Waals surface area contributed by atoms with E-state index in [9.17, 15) is 10.1 Å². The fourth-order valence-corrected chi connectivity index (χ4v) is 1.58. The van der Waals surface area contributed by atoms with E-state index in [1.54, 1.807) is 6.07 Å². The molecule has 1 heterocycles. The molecule has 3 N–H and O–H groups in total. The van der Waals surface area contributed by atoms with Crippen molar-refractivity contribution in [3.63, 3.8) is 0 Å². The van der Waals surface area contributed by atoms with Gasteiger partial charge < -0.3 is 10.2 Å². The van der Waals surface area contributed by atoms with Gasteiger partial charge in [-0.05, 0) is 12.1 Å². The summed E-state index contributed by atoms with van der Waals surface area (Å²) in [6.07, 6.45) is 0. The summed E-state index contributed by atoms with van der Waals surface area (Å²) < 4.78 is 5.58. The highest BCUT2D eigenvalue weighted by atomic mass is 16.6. The van der Waals surface area contributed by atoms with Gasteiger partial charge in [-0.1, -0.05) is 13.8 Å². The van der Waals surface area contributed by atoms with Crippen LogP contribution in [0.15, 0.2) is 30.3 Å². The molecule has 2 rings (SSSR count). The van der Waals surface area contributed by atoms with Crippen molar-refractivity contribution in [3.8, 4) is 11.6 Å². The van der Waals surface area contributed by atoms with Crippen LogP contribution in [0.4, 0.5) is 11.5 Å². The summed E-state index contributed by atoms with van der Waals surface area (Å²) in [5, 5.41) is 10.6. The Hall–Kier alpha value is -2.74. The number of nitrogen functional groups attached to an aromatic ring is 1. The minimum absolute atomic E-state index is 0.00257. The fraction of sp³-hybridized carbons (Fsp3) is 0.231. The number of nitrogens with two attached hydrogens (primary N) is 1. The number of nitrogens with one attached hydrogen (secondary N) is 1. The molecule has 0 saturated heterocycles. The van der Waals surface area contributed by atoms with Crippen LogP contribution in [0.1, 0.15) is 25.6 Å². The van der Waals surface area contributed by atoms with Crippen molar-refractivity contribution in [2.24, 2.45) is 5.84 Å². The summed E-state index contributed by atoms with van der Waals surface area (Å²) in [4.78, 5) is 18.6. The quantitative estimate of drug-likeness (QED) is 0.493. The molecule has 0 aliphatic carbocycles. The molecular formula is C13H15N5O3. The average molecular weight is 289 g/mol. The summed E-state index contributed by atoms with van der Waals surface area (Å²) in [6.45, 7) is 3.90. The molecule has 0 bridgehead atoms. The van der Waals surface area contributed by atoms with Crippen LogP contribution in [-0.4, -0.2) is 14.9 Å². The summed E-state index contributed by atoms with van der Waals surface area (Å²) in [5.74, 6) is 7.25. The van der Waals surface area contributed by atoms with E-state index in [2.05, 4.69) is 15.4 Å². The predicted molar refractivity (Wildman–Crippen MR) is 77.1 cm³/mol. The molecule has 0 saturated carbocycles. The summed E-state index contributed by atoms with van der Waals surface area (Å²) in [7, 11) is 0. The van der Waals surface area contributed by atoms with Crippen molar-refractivity contribution in [1.29, 1.82) is 0 Å². The molecule has 21 heavy (non-hydrogen) atoms. The lowest BCUT2D eigenvalue weighted by Crippen LogP contribution is -2.11. The molecule has 0 aliphatic heterocycles. The predicted octanol–water partition coefficient (Wildman–Crippen LogP) is 2.59. The molecule has 2 aromatic rings. The Morgan fingerprint density at radius 2 is 1.95 bits per heavy atom. The molecule has 0 unspecified atom stereocenters. The molecule has 110 valence electrons. The molecule has 0 fully saturated rings. The molecule has 0 spiro atoms. The van der Waals surface area contributed by atoms with E-state index < -0.39 is 4.92 Å². The summed E-state index contributed by atoms with van der Waals surface area (Å²) in [6, 6.07) is 7.28. The summed E-state index contributed by atoms with van der Waals surface area (Å²) >= 11 is 0. The number of hydrogen-bond acceptors (Lipinski definition) is 7. The van der Waals surface area contributed by atoms with E-state index in [0.29, 0.717) is 23.3 Å². The van der Waals surface area contributed by atoms with Gasteiger partial charge in [0, 0.05) is 24.1 Å². The van der Waals surface area contributed by atoms with Crippen LogP contribution >= 0.6 is 0 Å². The standard InChI is InChI=1S/C13H15N5O3/c1-8(2)13-15-11(17-14)7-12(16-13)21-10-5-3-9(4-6-10)18(19)20/h3-8H,14H2,1-2H3,(H,15,16,17). The van der Waals surface area contributed by atoms with Crippen LogP contribution in [-0.2, 0) is 0 Å². The zero-order chi connectivity index (χ0) is 15.4. The zero-order valence-corrected chi connectivity index (χ0v) is 11.6. The fourth-order valence-electron chi connectivity index (χ4n) is 1.58. The number of rotatable bonds is 5. The smallest absolute Gasteiger partial charge is 0.269 e. The normalized spacial score (nSPS) is 10.5. The van der Waals surface area contributed by atoms with Gasteiger partial charge in [-0.2, -0.15) is 4.98 Å². The van der Waals surface area contributed by atoms with E-state index in [-0.39, 0.29) is 11.6 Å². The molecule has 0 radical (unpaired) electrons. The number of hydrazine groups is 1. The Morgan fingerprint density at radius 1 is 1.29 bits per heavy atom. The maximum atomic E-state index is 10.6. The first-order valence-electron chi connectivity index (χ1n) is 6.27. The van der Waals surface area contributed by atoms with Gasteiger partial charge in [0.2, 0.25) is 5.88 Å².